The Hall–Kier alpha value is -2.21. The first kappa shape index (κ1) is 15.7. The lowest BCUT2D eigenvalue weighted by Crippen LogP contribution is -2.43. The summed E-state index contributed by atoms with van der Waals surface area (Å²) in [6.07, 6.45) is 2.29. The van der Waals surface area contributed by atoms with E-state index in [0.717, 1.165) is 24.8 Å². The smallest absolute Gasteiger partial charge is 0.272 e. The van der Waals surface area contributed by atoms with Gasteiger partial charge in [-0.3, -0.25) is 9.59 Å². The van der Waals surface area contributed by atoms with Crippen molar-refractivity contribution in [2.75, 3.05) is 13.7 Å². The number of nitrogens with zero attached hydrogens (tertiary/aromatic N) is 2. The highest BCUT2D eigenvalue weighted by Crippen LogP contribution is 2.20. The van der Waals surface area contributed by atoms with Crippen LogP contribution in [0.15, 0.2) is 29.1 Å². The third-order valence-corrected chi connectivity index (χ3v) is 4.60. The van der Waals surface area contributed by atoms with E-state index in [2.05, 4.69) is 10.2 Å². The minimum absolute atomic E-state index is 0.0269. The van der Waals surface area contributed by atoms with Crippen molar-refractivity contribution in [3.63, 3.8) is 0 Å². The van der Waals surface area contributed by atoms with Crippen molar-refractivity contribution in [2.45, 2.75) is 38.3 Å². The molecule has 0 radical (unpaired) electrons. The van der Waals surface area contributed by atoms with Gasteiger partial charge < -0.3 is 9.64 Å². The number of fused-ring (bicyclic) bond motifs is 1. The normalized spacial score (nSPS) is 19.0. The van der Waals surface area contributed by atoms with Crippen molar-refractivity contribution in [3.8, 4) is 0 Å². The van der Waals surface area contributed by atoms with Gasteiger partial charge in [0.15, 0.2) is 0 Å². The van der Waals surface area contributed by atoms with Gasteiger partial charge in [-0.05, 0) is 25.8 Å². The highest BCUT2D eigenvalue weighted by atomic mass is 16.5. The summed E-state index contributed by atoms with van der Waals surface area (Å²) in [5, 5.41) is 7.82. The van der Waals surface area contributed by atoms with Gasteiger partial charge >= 0.3 is 0 Å². The maximum Gasteiger partial charge on any atom is 0.272 e. The van der Waals surface area contributed by atoms with Crippen molar-refractivity contribution in [2.24, 2.45) is 0 Å². The van der Waals surface area contributed by atoms with E-state index in [-0.39, 0.29) is 30.0 Å². The Morgan fingerprint density at radius 2 is 2.17 bits per heavy atom. The molecule has 1 aliphatic heterocycles. The zero-order chi connectivity index (χ0) is 16.4. The van der Waals surface area contributed by atoms with E-state index in [9.17, 15) is 9.59 Å². The lowest BCUT2D eigenvalue weighted by molar-refractivity contribution is -0.133. The first-order chi connectivity index (χ1) is 11.1. The lowest BCUT2D eigenvalue weighted by Gasteiger charge is -2.29. The topological polar surface area (TPSA) is 75.3 Å². The van der Waals surface area contributed by atoms with Gasteiger partial charge in [0, 0.05) is 19.0 Å². The standard InChI is InChI=1S/C17H21N3O3/c1-11(15-8-5-9-23-15)20(2)16(21)10-14-12-6-3-4-7-13(12)17(22)19-18-14/h3-4,6-7,11,15H,5,8-10H2,1-2H3,(H,19,22). The number of rotatable bonds is 4. The molecule has 3 rings (SSSR count). The van der Waals surface area contributed by atoms with E-state index in [1.54, 1.807) is 24.1 Å². The number of nitrogens with one attached hydrogen (secondary N) is 1. The van der Waals surface area contributed by atoms with Gasteiger partial charge in [0.25, 0.3) is 5.56 Å². The maximum atomic E-state index is 12.6. The van der Waals surface area contributed by atoms with E-state index in [1.165, 1.54) is 0 Å². The Morgan fingerprint density at radius 3 is 2.87 bits per heavy atom. The van der Waals surface area contributed by atoms with Crippen LogP contribution in [0.3, 0.4) is 0 Å². The molecular formula is C17H21N3O3. The molecule has 0 spiro atoms. The number of hydrogen-bond acceptors (Lipinski definition) is 4. The minimum Gasteiger partial charge on any atom is -0.376 e. The van der Waals surface area contributed by atoms with Crippen LogP contribution in [-0.4, -0.2) is 46.8 Å². The number of benzene rings is 1. The van der Waals surface area contributed by atoms with Crippen LogP contribution in [0.1, 0.15) is 25.5 Å². The SMILES string of the molecule is CC(C1CCCO1)N(C)C(=O)Cc1n[nH]c(=O)c2ccccc12. The van der Waals surface area contributed by atoms with Crippen molar-refractivity contribution in [1.29, 1.82) is 0 Å². The van der Waals surface area contributed by atoms with Gasteiger partial charge in [-0.1, -0.05) is 18.2 Å². The van der Waals surface area contributed by atoms with Crippen molar-refractivity contribution in [3.05, 3.63) is 40.3 Å². The summed E-state index contributed by atoms with van der Waals surface area (Å²) in [5.41, 5.74) is 0.356. The first-order valence-corrected chi connectivity index (χ1v) is 7.91. The molecule has 2 aromatic rings. The Bertz CT molecular complexity index is 765. The van der Waals surface area contributed by atoms with Crippen LogP contribution in [0.25, 0.3) is 10.8 Å². The Morgan fingerprint density at radius 1 is 1.43 bits per heavy atom. The second-order valence-electron chi connectivity index (χ2n) is 6.02. The number of aromatic amines is 1. The molecule has 23 heavy (non-hydrogen) atoms. The van der Waals surface area contributed by atoms with Gasteiger partial charge in [0.05, 0.1) is 29.6 Å². The average Bonchev–Trinajstić information content (AvgIpc) is 3.10. The number of carbonyl (C=O) groups excluding carboxylic acids is 1. The lowest BCUT2D eigenvalue weighted by atomic mass is 10.1. The van der Waals surface area contributed by atoms with Crippen LogP contribution in [0.2, 0.25) is 0 Å². The van der Waals surface area contributed by atoms with Crippen LogP contribution in [-0.2, 0) is 16.0 Å². The monoisotopic (exact) mass is 315 g/mol. The zero-order valence-electron chi connectivity index (χ0n) is 13.4. The number of aromatic nitrogens is 2. The van der Waals surface area contributed by atoms with E-state index in [0.29, 0.717) is 11.1 Å². The third kappa shape index (κ3) is 3.12. The molecule has 0 saturated carbocycles. The molecule has 1 fully saturated rings. The predicted octanol–water partition coefficient (Wildman–Crippen LogP) is 1.49. The summed E-state index contributed by atoms with van der Waals surface area (Å²) < 4.78 is 5.67. The molecular weight excluding hydrogens is 294 g/mol. The van der Waals surface area contributed by atoms with Crippen LogP contribution < -0.4 is 5.56 Å². The molecule has 1 aromatic heterocycles. The molecule has 6 heteroatoms. The fourth-order valence-electron chi connectivity index (χ4n) is 3.03. The fraction of sp³-hybridized carbons (Fsp3) is 0.471. The minimum atomic E-state index is -0.238. The molecule has 1 aromatic carbocycles. The van der Waals surface area contributed by atoms with E-state index in [4.69, 9.17) is 4.74 Å². The first-order valence-electron chi connectivity index (χ1n) is 7.91. The summed E-state index contributed by atoms with van der Waals surface area (Å²) >= 11 is 0. The van der Waals surface area contributed by atoms with E-state index in [1.807, 2.05) is 19.1 Å². The molecule has 1 aliphatic rings. The van der Waals surface area contributed by atoms with Crippen molar-refractivity contribution < 1.29 is 9.53 Å². The second kappa shape index (κ2) is 6.50. The number of hydrogen-bond donors (Lipinski definition) is 1. The van der Waals surface area contributed by atoms with Crippen LogP contribution >= 0.6 is 0 Å². The number of H-pyrrole nitrogens is 1. The molecule has 122 valence electrons. The number of ether oxygens (including phenoxy) is 1. The molecule has 2 unspecified atom stereocenters. The largest absolute Gasteiger partial charge is 0.376 e. The summed E-state index contributed by atoms with van der Waals surface area (Å²) in [5.74, 6) is -0.0299. The number of likely N-dealkylation sites (N-methyl/N-ethyl adjacent to an activating group) is 1. The van der Waals surface area contributed by atoms with Crippen molar-refractivity contribution in [1.82, 2.24) is 15.1 Å². The third-order valence-electron chi connectivity index (χ3n) is 4.60. The molecule has 0 bridgehead atoms. The van der Waals surface area contributed by atoms with Crippen molar-refractivity contribution >= 4 is 16.7 Å². The zero-order valence-corrected chi connectivity index (χ0v) is 13.4. The van der Waals surface area contributed by atoms with Gasteiger partial charge in [-0.2, -0.15) is 5.10 Å². The Kier molecular flexibility index (Phi) is 4.43. The van der Waals surface area contributed by atoms with Gasteiger partial charge in [-0.15, -0.1) is 0 Å². The summed E-state index contributed by atoms with van der Waals surface area (Å²) in [7, 11) is 1.79. The summed E-state index contributed by atoms with van der Waals surface area (Å²) in [4.78, 5) is 26.1. The maximum absolute atomic E-state index is 12.6. The van der Waals surface area contributed by atoms with Gasteiger partial charge in [-0.25, -0.2) is 5.10 Å². The van der Waals surface area contributed by atoms with Gasteiger partial charge in [0.1, 0.15) is 0 Å². The Labute approximate surface area is 134 Å². The number of carbonyl (C=O) groups is 1. The Balaban J connectivity index is 1.80. The molecule has 6 nitrogen and oxygen atoms in total. The number of amides is 1. The molecule has 1 saturated heterocycles. The van der Waals surface area contributed by atoms with Crippen LogP contribution in [0.5, 0.6) is 0 Å². The molecule has 2 atom stereocenters. The van der Waals surface area contributed by atoms with E-state index >= 15 is 0 Å². The predicted molar refractivity (Wildman–Crippen MR) is 87.3 cm³/mol. The molecule has 2 heterocycles. The summed E-state index contributed by atoms with van der Waals surface area (Å²) in [6.45, 7) is 2.77. The van der Waals surface area contributed by atoms with Gasteiger partial charge in [0.2, 0.25) is 5.91 Å². The highest BCUT2D eigenvalue weighted by Gasteiger charge is 2.28. The summed E-state index contributed by atoms with van der Waals surface area (Å²) in [6, 6.07) is 7.23. The molecule has 1 N–H and O–H groups in total. The quantitative estimate of drug-likeness (QED) is 0.927. The van der Waals surface area contributed by atoms with E-state index < -0.39 is 0 Å². The second-order valence-corrected chi connectivity index (χ2v) is 6.02. The average molecular weight is 315 g/mol. The van der Waals surface area contributed by atoms with Crippen LogP contribution in [0, 0.1) is 0 Å². The highest BCUT2D eigenvalue weighted by molar-refractivity contribution is 5.88. The molecule has 0 aliphatic carbocycles. The van der Waals surface area contributed by atoms with Crippen LogP contribution in [0.4, 0.5) is 0 Å². The fourth-order valence-corrected chi connectivity index (χ4v) is 3.03. The molecule has 1 amide bonds.